The maximum absolute atomic E-state index is 5.11. The van der Waals surface area contributed by atoms with Crippen molar-refractivity contribution in [3.05, 3.63) is 0 Å². The van der Waals surface area contributed by atoms with Gasteiger partial charge in [0.05, 0.1) is 0 Å². The second kappa shape index (κ2) is 10.6. The number of guanidine groups is 2. The second-order valence-electron chi connectivity index (χ2n) is 3.02. The number of hydrogen-bond donors (Lipinski definition) is 4. The van der Waals surface area contributed by atoms with Gasteiger partial charge in [0.1, 0.15) is 6.67 Å². The number of rotatable bonds is 5. The lowest BCUT2D eigenvalue weighted by Gasteiger charge is -2.11. The van der Waals surface area contributed by atoms with Crippen molar-refractivity contribution in [1.82, 2.24) is 21.3 Å². The summed E-state index contributed by atoms with van der Waals surface area (Å²) in [4.78, 5) is 8.12. The van der Waals surface area contributed by atoms with Gasteiger partial charge in [-0.1, -0.05) is 6.42 Å². The topological polar surface area (TPSA) is 72.8 Å². The predicted octanol–water partition coefficient (Wildman–Crippen LogP) is -0.335. The van der Waals surface area contributed by atoms with Gasteiger partial charge in [0.2, 0.25) is 5.96 Å². The summed E-state index contributed by atoms with van der Waals surface area (Å²) in [6.45, 7) is 8.82. The standard InChI is InChI=1S/C11H22N6/c1-5-12-10(13-6-2)16-9-17-11(14-7-3)15-8-4/h1H,6-9H2,2-4H3,(H2,12,13,16)(H2,14,15,17). The Balaban J connectivity index is 4.18. The van der Waals surface area contributed by atoms with E-state index in [1.807, 2.05) is 20.8 Å². The molecular weight excluding hydrogens is 216 g/mol. The average Bonchev–Trinajstić information content (AvgIpc) is 2.30. The molecule has 0 rings (SSSR count). The van der Waals surface area contributed by atoms with E-state index >= 15 is 0 Å². The van der Waals surface area contributed by atoms with Crippen molar-refractivity contribution >= 4 is 11.9 Å². The van der Waals surface area contributed by atoms with Crippen molar-refractivity contribution in [3.8, 4) is 12.5 Å². The van der Waals surface area contributed by atoms with Crippen molar-refractivity contribution in [2.45, 2.75) is 20.8 Å². The van der Waals surface area contributed by atoms with Crippen LogP contribution in [0.15, 0.2) is 9.98 Å². The highest BCUT2D eigenvalue weighted by molar-refractivity contribution is 5.82. The number of hydrogen-bond acceptors (Lipinski definition) is 2. The van der Waals surface area contributed by atoms with E-state index < -0.39 is 0 Å². The molecule has 0 atom stereocenters. The summed E-state index contributed by atoms with van der Waals surface area (Å²) in [6.07, 6.45) is 5.11. The van der Waals surface area contributed by atoms with Gasteiger partial charge in [-0.15, -0.1) is 0 Å². The molecule has 0 radical (unpaired) electrons. The average molecular weight is 238 g/mol. The van der Waals surface area contributed by atoms with Crippen LogP contribution in [0.2, 0.25) is 0 Å². The molecular formula is C11H22N6. The molecule has 4 N–H and O–H groups in total. The lowest BCUT2D eigenvalue weighted by Crippen LogP contribution is -2.40. The van der Waals surface area contributed by atoms with E-state index in [9.17, 15) is 0 Å². The Bertz CT molecular complexity index is 281. The number of nitrogens with zero attached hydrogens (tertiary/aromatic N) is 2. The van der Waals surface area contributed by atoms with Crippen LogP contribution in [0.1, 0.15) is 20.8 Å². The maximum Gasteiger partial charge on any atom is 0.206 e. The smallest absolute Gasteiger partial charge is 0.206 e. The molecule has 0 saturated heterocycles. The van der Waals surface area contributed by atoms with E-state index in [4.69, 9.17) is 6.42 Å². The molecule has 0 saturated carbocycles. The summed E-state index contributed by atoms with van der Waals surface area (Å²) in [5.41, 5.74) is 0. The van der Waals surface area contributed by atoms with Gasteiger partial charge in [0.25, 0.3) is 0 Å². The van der Waals surface area contributed by atoms with Crippen LogP contribution in [0.25, 0.3) is 0 Å². The highest BCUT2D eigenvalue weighted by atomic mass is 15.2. The van der Waals surface area contributed by atoms with Gasteiger partial charge in [-0.25, -0.2) is 4.99 Å². The third kappa shape index (κ3) is 7.96. The fourth-order valence-electron chi connectivity index (χ4n) is 1.08. The normalized spacial score (nSPS) is 10.1. The molecule has 96 valence electrons. The molecule has 6 heteroatoms. The van der Waals surface area contributed by atoms with Gasteiger partial charge >= 0.3 is 0 Å². The molecule has 17 heavy (non-hydrogen) atoms. The molecule has 0 fully saturated rings. The summed E-state index contributed by atoms with van der Waals surface area (Å²) >= 11 is 0. The van der Waals surface area contributed by atoms with Crippen LogP contribution < -0.4 is 21.3 Å². The molecule has 0 spiro atoms. The maximum atomic E-state index is 5.11. The Kier molecular flexibility index (Phi) is 9.43. The fraction of sp³-hybridized carbons (Fsp3) is 0.636. The molecule has 0 bridgehead atoms. The van der Waals surface area contributed by atoms with E-state index in [2.05, 4.69) is 37.3 Å². The van der Waals surface area contributed by atoms with Crippen LogP contribution in [0.5, 0.6) is 0 Å². The first-order chi connectivity index (χ1) is 8.28. The minimum atomic E-state index is 0.406. The van der Waals surface area contributed by atoms with E-state index in [0.29, 0.717) is 12.6 Å². The molecule has 6 nitrogen and oxygen atoms in total. The van der Waals surface area contributed by atoms with Gasteiger partial charge in [-0.3, -0.25) is 0 Å². The van der Waals surface area contributed by atoms with Gasteiger partial charge in [-0.05, 0) is 20.8 Å². The van der Waals surface area contributed by atoms with Crippen molar-refractivity contribution < 1.29 is 0 Å². The Morgan fingerprint density at radius 3 is 1.94 bits per heavy atom. The Morgan fingerprint density at radius 2 is 1.47 bits per heavy atom. The first-order valence-electron chi connectivity index (χ1n) is 5.81. The van der Waals surface area contributed by atoms with E-state index in [-0.39, 0.29) is 0 Å². The second-order valence-corrected chi connectivity index (χ2v) is 3.02. The van der Waals surface area contributed by atoms with Crippen molar-refractivity contribution in [2.24, 2.45) is 9.98 Å². The van der Waals surface area contributed by atoms with Crippen LogP contribution in [-0.4, -0.2) is 38.2 Å². The van der Waals surface area contributed by atoms with Gasteiger partial charge in [0, 0.05) is 25.7 Å². The zero-order chi connectivity index (χ0) is 12.9. The summed E-state index contributed by atoms with van der Waals surface area (Å²) < 4.78 is 0. The molecule has 0 amide bonds. The molecule has 0 unspecified atom stereocenters. The van der Waals surface area contributed by atoms with Crippen LogP contribution >= 0.6 is 0 Å². The third-order valence-corrected chi connectivity index (χ3v) is 1.69. The van der Waals surface area contributed by atoms with Gasteiger partial charge < -0.3 is 21.3 Å². The van der Waals surface area contributed by atoms with E-state index in [1.54, 1.807) is 0 Å². The molecule has 0 aliphatic heterocycles. The number of nitrogens with one attached hydrogen (secondary N) is 4. The van der Waals surface area contributed by atoms with Gasteiger partial charge in [0.15, 0.2) is 5.96 Å². The highest BCUT2D eigenvalue weighted by Crippen LogP contribution is 1.73. The van der Waals surface area contributed by atoms with Crippen molar-refractivity contribution in [1.29, 1.82) is 0 Å². The molecule has 0 aliphatic carbocycles. The zero-order valence-electron chi connectivity index (χ0n) is 10.8. The molecule has 0 aromatic heterocycles. The van der Waals surface area contributed by atoms with Crippen LogP contribution in [0.4, 0.5) is 0 Å². The quantitative estimate of drug-likeness (QED) is 0.300. The van der Waals surface area contributed by atoms with Gasteiger partial charge in [-0.2, -0.15) is 4.99 Å². The largest absolute Gasteiger partial charge is 0.357 e. The Labute approximate surface area is 103 Å². The predicted molar refractivity (Wildman–Crippen MR) is 72.7 cm³/mol. The lowest BCUT2D eigenvalue weighted by atomic mass is 10.6. The van der Waals surface area contributed by atoms with Crippen LogP contribution in [0.3, 0.4) is 0 Å². The third-order valence-electron chi connectivity index (χ3n) is 1.69. The summed E-state index contributed by atoms with van der Waals surface area (Å²) in [5.74, 6) is 1.32. The number of terminal acetylenes is 1. The van der Waals surface area contributed by atoms with E-state index in [0.717, 1.165) is 25.6 Å². The molecule has 0 aliphatic rings. The highest BCUT2D eigenvalue weighted by Gasteiger charge is 1.96. The number of aliphatic imine (C=N–C) groups is 2. The summed E-state index contributed by atoms with van der Waals surface area (Å²) in [5, 5.41) is 12.2. The minimum absolute atomic E-state index is 0.406. The monoisotopic (exact) mass is 238 g/mol. The summed E-state index contributed by atoms with van der Waals surface area (Å²) in [6, 6.07) is 2.22. The lowest BCUT2D eigenvalue weighted by molar-refractivity contribution is 0.804. The Morgan fingerprint density at radius 1 is 0.941 bits per heavy atom. The van der Waals surface area contributed by atoms with Crippen molar-refractivity contribution in [3.63, 3.8) is 0 Å². The zero-order valence-corrected chi connectivity index (χ0v) is 10.8. The van der Waals surface area contributed by atoms with Crippen LogP contribution in [-0.2, 0) is 0 Å². The minimum Gasteiger partial charge on any atom is -0.357 e. The first kappa shape index (κ1) is 15.1. The molecule has 0 aromatic rings. The first-order valence-corrected chi connectivity index (χ1v) is 5.81. The molecule has 0 aromatic carbocycles. The van der Waals surface area contributed by atoms with E-state index in [1.165, 1.54) is 0 Å². The fourth-order valence-corrected chi connectivity index (χ4v) is 1.08. The van der Waals surface area contributed by atoms with Crippen molar-refractivity contribution in [2.75, 3.05) is 26.3 Å². The Hall–Kier alpha value is -1.90. The van der Waals surface area contributed by atoms with Crippen LogP contribution in [0, 0.1) is 12.5 Å². The summed E-state index contributed by atoms with van der Waals surface area (Å²) in [7, 11) is 0. The SMILES string of the molecule is C#CN=C(NCC)NCN=C(NCC)NCC. The molecule has 0 heterocycles.